The molecule has 1 amide bonds. The van der Waals surface area contributed by atoms with Crippen LogP contribution in [0, 0.1) is 6.92 Å². The molecule has 2 rings (SSSR count). The number of nitrogens with zero attached hydrogens (tertiary/aromatic N) is 1. The molecule has 1 aliphatic rings. The number of hydrogen-bond donors (Lipinski definition) is 2. The Morgan fingerprint density at radius 3 is 2.71 bits per heavy atom. The minimum absolute atomic E-state index is 0.0406. The molecule has 1 aromatic rings. The average molecular weight is 291 g/mol. The second kappa shape index (κ2) is 7.54. The van der Waals surface area contributed by atoms with Crippen molar-refractivity contribution in [1.82, 2.24) is 15.5 Å². The summed E-state index contributed by atoms with van der Waals surface area (Å²) in [5, 5.41) is 6.17. The van der Waals surface area contributed by atoms with E-state index < -0.39 is 0 Å². The van der Waals surface area contributed by atoms with Crippen LogP contribution in [0.3, 0.4) is 0 Å². The number of morpholine rings is 1. The molecule has 1 saturated heterocycles. The Kier molecular flexibility index (Phi) is 5.73. The van der Waals surface area contributed by atoms with Crippen LogP contribution in [0.4, 0.5) is 0 Å². The van der Waals surface area contributed by atoms with E-state index in [1.165, 1.54) is 11.1 Å². The fraction of sp³-hybridized carbons (Fsp3) is 0.562. The van der Waals surface area contributed by atoms with Crippen LogP contribution in [0.15, 0.2) is 24.3 Å². The minimum Gasteiger partial charge on any atom is -0.366 e. The molecule has 1 heterocycles. The van der Waals surface area contributed by atoms with E-state index in [1.54, 1.807) is 0 Å². The molecule has 2 atom stereocenters. The van der Waals surface area contributed by atoms with Crippen LogP contribution >= 0.6 is 0 Å². The number of benzene rings is 1. The third-order valence-corrected chi connectivity index (χ3v) is 3.78. The average Bonchev–Trinajstić information content (AvgIpc) is 2.49. The Morgan fingerprint density at radius 1 is 1.43 bits per heavy atom. The largest absolute Gasteiger partial charge is 0.366 e. The molecular weight excluding hydrogens is 266 g/mol. The van der Waals surface area contributed by atoms with Crippen LogP contribution in [0.5, 0.6) is 0 Å². The van der Waals surface area contributed by atoms with Gasteiger partial charge in [-0.15, -0.1) is 0 Å². The number of nitrogens with one attached hydrogen (secondary N) is 2. The molecule has 5 nitrogen and oxygen atoms in total. The summed E-state index contributed by atoms with van der Waals surface area (Å²) in [7, 11) is 4.05. The summed E-state index contributed by atoms with van der Waals surface area (Å²) in [6.07, 6.45) is -0.375. The van der Waals surface area contributed by atoms with Crippen molar-refractivity contribution in [3.63, 3.8) is 0 Å². The number of aryl methyl sites for hydroxylation is 1. The molecular formula is C16H25N3O2. The van der Waals surface area contributed by atoms with Gasteiger partial charge in [0.25, 0.3) is 5.91 Å². The summed E-state index contributed by atoms with van der Waals surface area (Å²) in [6.45, 7) is 4.64. The summed E-state index contributed by atoms with van der Waals surface area (Å²) in [4.78, 5) is 14.2. The number of amides is 1. The standard InChI is InChI=1S/C16H25N3O2/c1-12-4-6-13(7-5-12)14(19(2)3)10-18-16(20)15-11-17-8-9-21-15/h4-7,14-15,17H,8-11H2,1-3H3,(H,18,20). The molecule has 21 heavy (non-hydrogen) atoms. The molecule has 1 fully saturated rings. The summed E-state index contributed by atoms with van der Waals surface area (Å²) in [6, 6.07) is 8.59. The van der Waals surface area contributed by atoms with Gasteiger partial charge in [-0.25, -0.2) is 0 Å². The van der Waals surface area contributed by atoms with Crippen LogP contribution < -0.4 is 10.6 Å². The predicted octanol–water partition coefficient (Wildman–Crippen LogP) is 0.702. The summed E-state index contributed by atoms with van der Waals surface area (Å²) < 4.78 is 5.47. The Labute approximate surface area is 126 Å². The monoisotopic (exact) mass is 291 g/mol. The van der Waals surface area contributed by atoms with Crippen LogP contribution in [0.1, 0.15) is 17.2 Å². The molecule has 1 aliphatic heterocycles. The zero-order valence-electron chi connectivity index (χ0n) is 13.1. The van der Waals surface area contributed by atoms with Gasteiger partial charge in [-0.3, -0.25) is 4.79 Å². The SMILES string of the molecule is Cc1ccc(C(CNC(=O)C2CNCCO2)N(C)C)cc1. The molecule has 0 saturated carbocycles. The second-order valence-corrected chi connectivity index (χ2v) is 5.70. The Hall–Kier alpha value is -1.43. The van der Waals surface area contributed by atoms with Crippen molar-refractivity contribution in [3.05, 3.63) is 35.4 Å². The highest BCUT2D eigenvalue weighted by Crippen LogP contribution is 2.18. The van der Waals surface area contributed by atoms with Gasteiger partial charge in [-0.1, -0.05) is 29.8 Å². The Balaban J connectivity index is 1.93. The first-order chi connectivity index (χ1) is 10.1. The van der Waals surface area contributed by atoms with Crippen molar-refractivity contribution < 1.29 is 9.53 Å². The maximum absolute atomic E-state index is 12.1. The van der Waals surface area contributed by atoms with E-state index in [4.69, 9.17) is 4.74 Å². The van der Waals surface area contributed by atoms with Gasteiger partial charge < -0.3 is 20.3 Å². The third-order valence-electron chi connectivity index (χ3n) is 3.78. The normalized spacial score (nSPS) is 20.3. The number of likely N-dealkylation sites (N-methyl/N-ethyl adjacent to an activating group) is 1. The first-order valence-corrected chi connectivity index (χ1v) is 7.41. The highest BCUT2D eigenvalue weighted by Gasteiger charge is 2.23. The summed E-state index contributed by atoms with van der Waals surface area (Å²) in [5.41, 5.74) is 2.44. The smallest absolute Gasteiger partial charge is 0.250 e. The van der Waals surface area contributed by atoms with E-state index in [1.807, 2.05) is 14.1 Å². The molecule has 116 valence electrons. The lowest BCUT2D eigenvalue weighted by molar-refractivity contribution is -0.134. The topological polar surface area (TPSA) is 53.6 Å². The molecule has 0 aromatic heterocycles. The fourth-order valence-corrected chi connectivity index (χ4v) is 2.43. The highest BCUT2D eigenvalue weighted by atomic mass is 16.5. The van der Waals surface area contributed by atoms with E-state index in [9.17, 15) is 4.79 Å². The first kappa shape index (κ1) is 15.9. The van der Waals surface area contributed by atoms with Crippen molar-refractivity contribution in [1.29, 1.82) is 0 Å². The molecule has 5 heteroatoms. The number of hydrogen-bond acceptors (Lipinski definition) is 4. The fourth-order valence-electron chi connectivity index (χ4n) is 2.43. The van der Waals surface area contributed by atoms with Gasteiger partial charge in [0.1, 0.15) is 6.10 Å². The van der Waals surface area contributed by atoms with Gasteiger partial charge in [0.15, 0.2) is 0 Å². The van der Waals surface area contributed by atoms with Crippen molar-refractivity contribution in [2.75, 3.05) is 40.3 Å². The van der Waals surface area contributed by atoms with Gasteiger partial charge in [0.05, 0.1) is 12.6 Å². The van der Waals surface area contributed by atoms with Gasteiger partial charge >= 0.3 is 0 Å². The van der Waals surface area contributed by atoms with E-state index in [0.717, 1.165) is 6.54 Å². The minimum atomic E-state index is -0.375. The third kappa shape index (κ3) is 4.52. The summed E-state index contributed by atoms with van der Waals surface area (Å²) in [5.74, 6) is -0.0406. The highest BCUT2D eigenvalue weighted by molar-refractivity contribution is 5.81. The number of ether oxygens (including phenoxy) is 1. The molecule has 0 aliphatic carbocycles. The van der Waals surface area contributed by atoms with Crippen LogP contribution in [0.25, 0.3) is 0 Å². The van der Waals surface area contributed by atoms with Crippen molar-refractivity contribution in [2.24, 2.45) is 0 Å². The zero-order chi connectivity index (χ0) is 15.2. The van der Waals surface area contributed by atoms with Gasteiger partial charge in [-0.2, -0.15) is 0 Å². The molecule has 1 aromatic carbocycles. The lowest BCUT2D eigenvalue weighted by Gasteiger charge is -2.27. The molecule has 2 unspecified atom stereocenters. The predicted molar refractivity (Wildman–Crippen MR) is 83.2 cm³/mol. The van der Waals surface area contributed by atoms with Crippen LogP contribution in [-0.4, -0.2) is 57.2 Å². The summed E-state index contributed by atoms with van der Waals surface area (Å²) >= 11 is 0. The maximum Gasteiger partial charge on any atom is 0.250 e. The molecule has 0 radical (unpaired) electrons. The zero-order valence-corrected chi connectivity index (χ0v) is 13.1. The Bertz CT molecular complexity index is 453. The number of carbonyl (C=O) groups excluding carboxylic acids is 1. The van der Waals surface area contributed by atoms with Crippen LogP contribution in [-0.2, 0) is 9.53 Å². The van der Waals surface area contributed by atoms with Crippen molar-refractivity contribution in [3.8, 4) is 0 Å². The number of carbonyl (C=O) groups is 1. The quantitative estimate of drug-likeness (QED) is 0.839. The second-order valence-electron chi connectivity index (χ2n) is 5.70. The van der Waals surface area contributed by atoms with E-state index >= 15 is 0 Å². The van der Waals surface area contributed by atoms with Gasteiger partial charge in [-0.05, 0) is 26.6 Å². The van der Waals surface area contributed by atoms with Gasteiger partial charge in [0, 0.05) is 19.6 Å². The lowest BCUT2D eigenvalue weighted by atomic mass is 10.0. The molecule has 0 bridgehead atoms. The van der Waals surface area contributed by atoms with E-state index in [0.29, 0.717) is 19.7 Å². The van der Waals surface area contributed by atoms with Crippen molar-refractivity contribution in [2.45, 2.75) is 19.1 Å². The first-order valence-electron chi connectivity index (χ1n) is 7.41. The number of rotatable bonds is 5. The van der Waals surface area contributed by atoms with E-state index in [-0.39, 0.29) is 18.1 Å². The lowest BCUT2D eigenvalue weighted by Crippen LogP contribution is -2.49. The maximum atomic E-state index is 12.1. The van der Waals surface area contributed by atoms with E-state index in [2.05, 4.69) is 46.7 Å². The Morgan fingerprint density at radius 2 is 2.14 bits per heavy atom. The van der Waals surface area contributed by atoms with Crippen molar-refractivity contribution >= 4 is 5.91 Å². The molecule has 0 spiro atoms. The van der Waals surface area contributed by atoms with Gasteiger partial charge in [0.2, 0.25) is 0 Å². The van der Waals surface area contributed by atoms with Crippen LogP contribution in [0.2, 0.25) is 0 Å². The molecule has 2 N–H and O–H groups in total.